The lowest BCUT2D eigenvalue weighted by Crippen LogP contribution is -2.39. The van der Waals surface area contributed by atoms with E-state index < -0.39 is 0 Å². The second kappa shape index (κ2) is 6.91. The minimum atomic E-state index is 0.495. The van der Waals surface area contributed by atoms with Gasteiger partial charge in [-0.3, -0.25) is 0 Å². The summed E-state index contributed by atoms with van der Waals surface area (Å²) in [5.41, 5.74) is 6.41. The first-order valence-corrected chi connectivity index (χ1v) is 8.13. The fraction of sp³-hybridized carbons (Fsp3) is 1.00. The summed E-state index contributed by atoms with van der Waals surface area (Å²) in [6.07, 6.45) is 9.69. The molecule has 1 atom stereocenters. The van der Waals surface area contributed by atoms with Crippen LogP contribution in [0.5, 0.6) is 0 Å². The molecule has 106 valence electrons. The van der Waals surface area contributed by atoms with E-state index in [1.807, 2.05) is 0 Å². The van der Waals surface area contributed by atoms with E-state index in [4.69, 9.17) is 5.73 Å². The van der Waals surface area contributed by atoms with Gasteiger partial charge in [0.05, 0.1) is 0 Å². The molecule has 2 heteroatoms. The zero-order chi connectivity index (χ0) is 13.0. The smallest absolute Gasteiger partial charge is 0.00698 e. The lowest BCUT2D eigenvalue weighted by Gasteiger charge is -2.34. The molecule has 0 bridgehead atoms. The Kier molecular flexibility index (Phi) is 5.50. The Hall–Kier alpha value is -0.0800. The van der Waals surface area contributed by atoms with E-state index in [0.717, 1.165) is 17.8 Å². The molecule has 2 aliphatic rings. The molecule has 1 aliphatic heterocycles. The third-order valence-electron chi connectivity index (χ3n) is 4.94. The summed E-state index contributed by atoms with van der Waals surface area (Å²) in [7, 11) is 0. The molecule has 0 aromatic rings. The van der Waals surface area contributed by atoms with Gasteiger partial charge in [0.25, 0.3) is 0 Å². The van der Waals surface area contributed by atoms with Gasteiger partial charge in [0.2, 0.25) is 0 Å². The number of hydrogen-bond donors (Lipinski definition) is 1. The summed E-state index contributed by atoms with van der Waals surface area (Å²) in [4.78, 5) is 2.64. The topological polar surface area (TPSA) is 29.3 Å². The lowest BCUT2D eigenvalue weighted by atomic mass is 9.85. The van der Waals surface area contributed by atoms with Crippen molar-refractivity contribution in [2.24, 2.45) is 23.5 Å². The maximum Gasteiger partial charge on any atom is 0.00698 e. The van der Waals surface area contributed by atoms with Crippen LogP contribution in [0.4, 0.5) is 0 Å². The van der Waals surface area contributed by atoms with Crippen LogP contribution in [0, 0.1) is 17.8 Å². The zero-order valence-corrected chi connectivity index (χ0v) is 12.4. The predicted octanol–water partition coefficient (Wildman–Crippen LogP) is 3.26. The number of piperidine rings is 1. The summed E-state index contributed by atoms with van der Waals surface area (Å²) in [6.45, 7) is 8.53. The first-order chi connectivity index (χ1) is 8.65. The third kappa shape index (κ3) is 4.24. The SMILES string of the molecule is CC(C)CN1CCC(CC(N)C2CCCC2)CC1. The maximum atomic E-state index is 6.41. The Balaban J connectivity index is 1.66. The van der Waals surface area contributed by atoms with Crippen molar-refractivity contribution in [2.75, 3.05) is 19.6 Å². The van der Waals surface area contributed by atoms with E-state index in [2.05, 4.69) is 18.7 Å². The molecule has 2 fully saturated rings. The highest BCUT2D eigenvalue weighted by Gasteiger charge is 2.26. The van der Waals surface area contributed by atoms with Gasteiger partial charge in [-0.25, -0.2) is 0 Å². The molecule has 1 aliphatic carbocycles. The molecule has 1 saturated carbocycles. The minimum absolute atomic E-state index is 0.495. The van der Waals surface area contributed by atoms with Gasteiger partial charge in [-0.2, -0.15) is 0 Å². The van der Waals surface area contributed by atoms with Crippen molar-refractivity contribution in [3.05, 3.63) is 0 Å². The molecule has 2 N–H and O–H groups in total. The fourth-order valence-electron chi connectivity index (χ4n) is 3.88. The van der Waals surface area contributed by atoms with Crippen LogP contribution >= 0.6 is 0 Å². The maximum absolute atomic E-state index is 6.41. The van der Waals surface area contributed by atoms with Crippen molar-refractivity contribution in [3.8, 4) is 0 Å². The van der Waals surface area contributed by atoms with E-state index in [1.165, 1.54) is 64.6 Å². The Bertz CT molecular complexity index is 225. The predicted molar refractivity (Wildman–Crippen MR) is 78.6 cm³/mol. The average molecular weight is 252 g/mol. The average Bonchev–Trinajstić information content (AvgIpc) is 2.84. The Labute approximate surface area is 113 Å². The van der Waals surface area contributed by atoms with Crippen molar-refractivity contribution in [1.82, 2.24) is 4.90 Å². The first-order valence-electron chi connectivity index (χ1n) is 8.13. The molecular formula is C16H32N2. The highest BCUT2D eigenvalue weighted by atomic mass is 15.1. The molecule has 2 nitrogen and oxygen atoms in total. The Morgan fingerprint density at radius 3 is 2.22 bits per heavy atom. The number of likely N-dealkylation sites (tertiary alicyclic amines) is 1. The summed E-state index contributed by atoms with van der Waals surface area (Å²) >= 11 is 0. The molecule has 1 unspecified atom stereocenters. The molecule has 2 rings (SSSR count). The van der Waals surface area contributed by atoms with Crippen LogP contribution in [-0.4, -0.2) is 30.6 Å². The van der Waals surface area contributed by atoms with Crippen molar-refractivity contribution < 1.29 is 0 Å². The van der Waals surface area contributed by atoms with Gasteiger partial charge in [-0.1, -0.05) is 26.7 Å². The van der Waals surface area contributed by atoms with Crippen LogP contribution in [0.1, 0.15) is 58.8 Å². The van der Waals surface area contributed by atoms with E-state index in [-0.39, 0.29) is 0 Å². The monoisotopic (exact) mass is 252 g/mol. The minimum Gasteiger partial charge on any atom is -0.327 e. The third-order valence-corrected chi connectivity index (χ3v) is 4.94. The summed E-state index contributed by atoms with van der Waals surface area (Å²) in [6, 6.07) is 0.495. The summed E-state index contributed by atoms with van der Waals surface area (Å²) in [5, 5.41) is 0. The molecule has 0 spiro atoms. The van der Waals surface area contributed by atoms with Crippen LogP contribution in [0.2, 0.25) is 0 Å². The van der Waals surface area contributed by atoms with E-state index >= 15 is 0 Å². The van der Waals surface area contributed by atoms with Crippen LogP contribution in [0.25, 0.3) is 0 Å². The molecule has 1 saturated heterocycles. The molecular weight excluding hydrogens is 220 g/mol. The van der Waals surface area contributed by atoms with Gasteiger partial charge in [-0.05, 0) is 62.9 Å². The normalized spacial score (nSPS) is 26.0. The van der Waals surface area contributed by atoms with Crippen molar-refractivity contribution in [2.45, 2.75) is 64.8 Å². The Morgan fingerprint density at radius 1 is 1.06 bits per heavy atom. The van der Waals surface area contributed by atoms with Gasteiger partial charge in [0, 0.05) is 12.6 Å². The van der Waals surface area contributed by atoms with Crippen molar-refractivity contribution in [3.63, 3.8) is 0 Å². The molecule has 0 amide bonds. The van der Waals surface area contributed by atoms with Gasteiger partial charge in [-0.15, -0.1) is 0 Å². The summed E-state index contributed by atoms with van der Waals surface area (Å²) in [5.74, 6) is 2.56. The Morgan fingerprint density at radius 2 is 1.67 bits per heavy atom. The quantitative estimate of drug-likeness (QED) is 0.814. The van der Waals surface area contributed by atoms with Crippen LogP contribution < -0.4 is 5.73 Å². The van der Waals surface area contributed by atoms with Gasteiger partial charge >= 0.3 is 0 Å². The van der Waals surface area contributed by atoms with Gasteiger partial charge < -0.3 is 10.6 Å². The first kappa shape index (κ1) is 14.3. The molecule has 0 aromatic carbocycles. The second-order valence-electron chi connectivity index (χ2n) is 7.08. The van der Waals surface area contributed by atoms with E-state index in [0.29, 0.717) is 6.04 Å². The molecule has 1 heterocycles. The highest BCUT2D eigenvalue weighted by Crippen LogP contribution is 2.31. The van der Waals surface area contributed by atoms with Crippen molar-refractivity contribution in [1.29, 1.82) is 0 Å². The molecule has 0 radical (unpaired) electrons. The number of nitrogens with zero attached hydrogens (tertiary/aromatic N) is 1. The lowest BCUT2D eigenvalue weighted by molar-refractivity contribution is 0.154. The van der Waals surface area contributed by atoms with Gasteiger partial charge in [0.15, 0.2) is 0 Å². The number of hydrogen-bond acceptors (Lipinski definition) is 2. The van der Waals surface area contributed by atoms with Crippen molar-refractivity contribution >= 4 is 0 Å². The van der Waals surface area contributed by atoms with E-state index in [1.54, 1.807) is 0 Å². The number of rotatable bonds is 5. The standard InChI is InChI=1S/C16H32N2/c1-13(2)12-18-9-7-14(8-10-18)11-16(17)15-5-3-4-6-15/h13-16H,3-12,17H2,1-2H3. The fourth-order valence-corrected chi connectivity index (χ4v) is 3.88. The molecule has 18 heavy (non-hydrogen) atoms. The second-order valence-corrected chi connectivity index (χ2v) is 7.08. The van der Waals surface area contributed by atoms with E-state index in [9.17, 15) is 0 Å². The largest absolute Gasteiger partial charge is 0.327 e. The number of nitrogens with two attached hydrogens (primary N) is 1. The van der Waals surface area contributed by atoms with Crippen LogP contribution in [0.15, 0.2) is 0 Å². The van der Waals surface area contributed by atoms with Crippen LogP contribution in [0.3, 0.4) is 0 Å². The zero-order valence-electron chi connectivity index (χ0n) is 12.4. The highest BCUT2D eigenvalue weighted by molar-refractivity contribution is 4.82. The summed E-state index contributed by atoms with van der Waals surface area (Å²) < 4.78 is 0. The molecule has 0 aromatic heterocycles. The van der Waals surface area contributed by atoms with Crippen LogP contribution in [-0.2, 0) is 0 Å². The van der Waals surface area contributed by atoms with Gasteiger partial charge in [0.1, 0.15) is 0 Å².